The first-order valence-corrected chi connectivity index (χ1v) is 9.19. The van der Waals surface area contributed by atoms with Crippen molar-refractivity contribution in [3.63, 3.8) is 0 Å². The molecule has 5 heteroatoms. The second-order valence-electron chi connectivity index (χ2n) is 5.97. The molecular weight excluding hydrogens is 348 g/mol. The molecule has 1 fully saturated rings. The van der Waals surface area contributed by atoms with Crippen LogP contribution < -0.4 is 0 Å². The van der Waals surface area contributed by atoms with Crippen LogP contribution in [0.15, 0.2) is 65.7 Å². The molecule has 0 atom stereocenters. The Bertz CT molecular complexity index is 1000. The SMILES string of the molecule is Cn1cc(/C=C2\SC(=S)N(Cc3ccccc3)C2=O)c2ccccc21. The van der Waals surface area contributed by atoms with Gasteiger partial charge in [-0.1, -0.05) is 72.5 Å². The van der Waals surface area contributed by atoms with Crippen LogP contribution in [0.25, 0.3) is 17.0 Å². The summed E-state index contributed by atoms with van der Waals surface area (Å²) in [5, 5.41) is 1.14. The molecule has 2 heterocycles. The minimum Gasteiger partial charge on any atom is -0.350 e. The van der Waals surface area contributed by atoms with Crippen molar-refractivity contribution in [1.29, 1.82) is 0 Å². The predicted octanol–water partition coefficient (Wildman–Crippen LogP) is 4.58. The van der Waals surface area contributed by atoms with Crippen LogP contribution in [0.4, 0.5) is 0 Å². The van der Waals surface area contributed by atoms with Crippen LogP contribution in [0.5, 0.6) is 0 Å². The molecule has 124 valence electrons. The Morgan fingerprint density at radius 3 is 2.60 bits per heavy atom. The Kier molecular flexibility index (Phi) is 4.19. The highest BCUT2D eigenvalue weighted by atomic mass is 32.2. The number of aromatic nitrogens is 1. The van der Waals surface area contributed by atoms with Crippen molar-refractivity contribution in [2.24, 2.45) is 7.05 Å². The summed E-state index contributed by atoms with van der Waals surface area (Å²) in [7, 11) is 2.01. The van der Waals surface area contributed by atoms with Gasteiger partial charge in [-0.15, -0.1) is 0 Å². The first-order chi connectivity index (χ1) is 12.1. The van der Waals surface area contributed by atoms with E-state index in [1.54, 1.807) is 4.90 Å². The van der Waals surface area contributed by atoms with Crippen molar-refractivity contribution in [3.8, 4) is 0 Å². The van der Waals surface area contributed by atoms with Crippen molar-refractivity contribution < 1.29 is 4.79 Å². The number of aryl methyl sites for hydroxylation is 1. The normalized spacial score (nSPS) is 16.4. The second kappa shape index (κ2) is 6.50. The van der Waals surface area contributed by atoms with Gasteiger partial charge >= 0.3 is 0 Å². The Hall–Kier alpha value is -2.37. The molecule has 0 aliphatic carbocycles. The molecule has 0 N–H and O–H groups in total. The van der Waals surface area contributed by atoms with E-state index in [0.717, 1.165) is 22.0 Å². The molecule has 3 aromatic rings. The monoisotopic (exact) mass is 364 g/mol. The molecule has 1 saturated heterocycles. The molecule has 0 radical (unpaired) electrons. The van der Waals surface area contributed by atoms with Crippen molar-refractivity contribution in [3.05, 3.63) is 76.8 Å². The molecule has 1 amide bonds. The number of amides is 1. The number of carbonyl (C=O) groups excluding carboxylic acids is 1. The third-order valence-electron chi connectivity index (χ3n) is 4.27. The van der Waals surface area contributed by atoms with E-state index >= 15 is 0 Å². The van der Waals surface area contributed by atoms with Crippen LogP contribution >= 0.6 is 24.0 Å². The maximum Gasteiger partial charge on any atom is 0.266 e. The highest BCUT2D eigenvalue weighted by Crippen LogP contribution is 2.35. The van der Waals surface area contributed by atoms with Crippen LogP contribution in [0.3, 0.4) is 0 Å². The summed E-state index contributed by atoms with van der Waals surface area (Å²) in [5.41, 5.74) is 3.26. The molecule has 25 heavy (non-hydrogen) atoms. The average Bonchev–Trinajstić information content (AvgIpc) is 3.08. The van der Waals surface area contributed by atoms with Crippen molar-refractivity contribution in [2.75, 3.05) is 0 Å². The Morgan fingerprint density at radius 1 is 1.08 bits per heavy atom. The fourth-order valence-electron chi connectivity index (χ4n) is 3.03. The number of thioether (sulfide) groups is 1. The minimum absolute atomic E-state index is 0.0215. The van der Waals surface area contributed by atoms with E-state index in [1.807, 2.05) is 55.6 Å². The number of thiocarbonyl (C=S) groups is 1. The van der Waals surface area contributed by atoms with E-state index < -0.39 is 0 Å². The highest BCUT2D eigenvalue weighted by molar-refractivity contribution is 8.26. The molecule has 1 aliphatic heterocycles. The third-order valence-corrected chi connectivity index (χ3v) is 5.65. The van der Waals surface area contributed by atoms with E-state index in [0.29, 0.717) is 15.8 Å². The van der Waals surface area contributed by atoms with Gasteiger partial charge < -0.3 is 4.57 Å². The number of nitrogens with zero attached hydrogens (tertiary/aromatic N) is 2. The summed E-state index contributed by atoms with van der Waals surface area (Å²) in [6.45, 7) is 0.512. The average molecular weight is 364 g/mol. The van der Waals surface area contributed by atoms with Crippen molar-refractivity contribution in [1.82, 2.24) is 9.47 Å². The lowest BCUT2D eigenvalue weighted by Crippen LogP contribution is -2.27. The molecule has 2 aromatic carbocycles. The van der Waals surface area contributed by atoms with Gasteiger partial charge in [0.2, 0.25) is 0 Å². The molecule has 0 bridgehead atoms. The summed E-state index contributed by atoms with van der Waals surface area (Å²) >= 11 is 6.81. The maximum absolute atomic E-state index is 12.8. The number of hydrogen-bond acceptors (Lipinski definition) is 3. The molecule has 3 nitrogen and oxygen atoms in total. The largest absolute Gasteiger partial charge is 0.350 e. The number of benzene rings is 2. The predicted molar refractivity (Wildman–Crippen MR) is 108 cm³/mol. The fraction of sp³-hybridized carbons (Fsp3) is 0.100. The van der Waals surface area contributed by atoms with Gasteiger partial charge in [0.05, 0.1) is 11.4 Å². The number of rotatable bonds is 3. The quantitative estimate of drug-likeness (QED) is 0.502. The summed E-state index contributed by atoms with van der Waals surface area (Å²) in [5.74, 6) is -0.0215. The van der Waals surface area contributed by atoms with Gasteiger partial charge in [-0.25, -0.2) is 0 Å². The summed E-state index contributed by atoms with van der Waals surface area (Å²) in [6.07, 6.45) is 4.00. The van der Waals surface area contributed by atoms with Crippen LogP contribution in [0, 0.1) is 0 Å². The Morgan fingerprint density at radius 2 is 1.80 bits per heavy atom. The van der Waals surface area contributed by atoms with Gasteiger partial charge in [-0.3, -0.25) is 9.69 Å². The molecule has 0 saturated carbocycles. The molecular formula is C20H16N2OS2. The van der Waals surface area contributed by atoms with Gasteiger partial charge in [0.25, 0.3) is 5.91 Å². The number of fused-ring (bicyclic) bond motifs is 1. The minimum atomic E-state index is -0.0215. The van der Waals surface area contributed by atoms with E-state index in [2.05, 4.69) is 22.9 Å². The van der Waals surface area contributed by atoms with Crippen LogP contribution in [0.1, 0.15) is 11.1 Å². The topological polar surface area (TPSA) is 25.2 Å². The van der Waals surface area contributed by atoms with Crippen molar-refractivity contribution in [2.45, 2.75) is 6.54 Å². The number of carbonyl (C=O) groups is 1. The van der Waals surface area contributed by atoms with Crippen molar-refractivity contribution >= 4 is 51.2 Å². The molecule has 0 spiro atoms. The first kappa shape index (κ1) is 16.1. The van der Waals surface area contributed by atoms with E-state index in [4.69, 9.17) is 12.2 Å². The zero-order valence-electron chi connectivity index (χ0n) is 13.7. The van der Waals surface area contributed by atoms with Gasteiger partial charge in [-0.2, -0.15) is 0 Å². The molecule has 1 aromatic heterocycles. The van der Waals surface area contributed by atoms with Crippen LogP contribution in [-0.2, 0) is 18.4 Å². The summed E-state index contributed by atoms with van der Waals surface area (Å²) in [6, 6.07) is 18.1. The zero-order chi connectivity index (χ0) is 17.4. The third kappa shape index (κ3) is 3.01. The van der Waals surface area contributed by atoms with E-state index in [9.17, 15) is 4.79 Å². The number of para-hydroxylation sites is 1. The molecule has 0 unspecified atom stereocenters. The lowest BCUT2D eigenvalue weighted by atomic mass is 10.1. The fourth-order valence-corrected chi connectivity index (χ4v) is 4.28. The van der Waals surface area contributed by atoms with Gasteiger partial charge in [0, 0.05) is 29.7 Å². The Labute approximate surface area is 155 Å². The lowest BCUT2D eigenvalue weighted by molar-refractivity contribution is -0.122. The lowest BCUT2D eigenvalue weighted by Gasteiger charge is -2.14. The number of hydrogen-bond donors (Lipinski definition) is 0. The standard InChI is InChI=1S/C20H16N2OS2/c1-21-13-15(16-9-5-6-10-17(16)21)11-18-19(23)22(20(24)25-18)12-14-7-3-2-4-8-14/h2-11,13H,12H2,1H3/b18-11-. The Balaban J connectivity index is 1.66. The van der Waals surface area contributed by atoms with E-state index in [1.165, 1.54) is 11.8 Å². The smallest absolute Gasteiger partial charge is 0.266 e. The van der Waals surface area contributed by atoms with Crippen LogP contribution in [0.2, 0.25) is 0 Å². The molecule has 1 aliphatic rings. The zero-order valence-corrected chi connectivity index (χ0v) is 15.3. The first-order valence-electron chi connectivity index (χ1n) is 7.97. The summed E-state index contributed by atoms with van der Waals surface area (Å²) in [4.78, 5) is 15.2. The highest BCUT2D eigenvalue weighted by Gasteiger charge is 2.32. The van der Waals surface area contributed by atoms with Gasteiger partial charge in [0.1, 0.15) is 4.32 Å². The van der Waals surface area contributed by atoms with Gasteiger partial charge in [-0.05, 0) is 17.7 Å². The van der Waals surface area contributed by atoms with E-state index in [-0.39, 0.29) is 5.91 Å². The van der Waals surface area contributed by atoms with Crippen LogP contribution in [-0.4, -0.2) is 19.7 Å². The second-order valence-corrected chi connectivity index (χ2v) is 7.64. The van der Waals surface area contributed by atoms with Gasteiger partial charge in [0.15, 0.2) is 0 Å². The summed E-state index contributed by atoms with van der Waals surface area (Å²) < 4.78 is 2.69. The molecule has 4 rings (SSSR count). The maximum atomic E-state index is 12.8.